The monoisotopic (exact) mass is 669 g/mol. The molecule has 0 unspecified atom stereocenters. The Balaban J connectivity index is 3.48. The standard InChI is InChI=1S/C35H67NO5SSi2/c1-13-15-17-21-27(40-43(9,10)34(3,4)5)23-24-28-29(41-44(11,12)35(6,7)8)26-30(39-32(38)20-14-2)33(28)42-25-19-16-18-22-31(36)37/h23-24,27-29H,13-22,25-26H2,1-12H3,(H2,36,37)/b24-23+/t27-,28-,29+/m0/s1. The summed E-state index contributed by atoms with van der Waals surface area (Å²) in [5.74, 6) is 1.25. The summed E-state index contributed by atoms with van der Waals surface area (Å²) in [7, 11) is -4.09. The molecule has 0 bridgehead atoms. The van der Waals surface area contributed by atoms with Crippen LogP contribution in [0.2, 0.25) is 36.3 Å². The van der Waals surface area contributed by atoms with Gasteiger partial charge in [0.05, 0.1) is 12.2 Å². The second kappa shape index (κ2) is 18.5. The Kier molecular flexibility index (Phi) is 17.3. The van der Waals surface area contributed by atoms with Crippen LogP contribution in [0.15, 0.2) is 22.8 Å². The minimum atomic E-state index is -2.11. The molecule has 0 saturated heterocycles. The predicted octanol–water partition coefficient (Wildman–Crippen LogP) is 10.3. The highest BCUT2D eigenvalue weighted by molar-refractivity contribution is 8.03. The number of hydrogen-bond donors (Lipinski definition) is 1. The second-order valence-corrected chi connectivity index (χ2v) is 26.2. The molecule has 0 fully saturated rings. The van der Waals surface area contributed by atoms with Crippen LogP contribution >= 0.6 is 11.8 Å². The van der Waals surface area contributed by atoms with Crippen molar-refractivity contribution in [2.24, 2.45) is 11.7 Å². The summed E-state index contributed by atoms with van der Waals surface area (Å²) in [6, 6.07) is 0. The summed E-state index contributed by atoms with van der Waals surface area (Å²) in [4.78, 5) is 25.1. The molecule has 9 heteroatoms. The molecule has 256 valence electrons. The third-order valence-corrected chi connectivity index (χ3v) is 19.8. The first kappa shape index (κ1) is 41.1. The topological polar surface area (TPSA) is 87.9 Å². The van der Waals surface area contributed by atoms with Crippen LogP contribution in [0.25, 0.3) is 0 Å². The highest BCUT2D eigenvalue weighted by Gasteiger charge is 2.45. The van der Waals surface area contributed by atoms with Crippen LogP contribution < -0.4 is 5.73 Å². The smallest absolute Gasteiger partial charge is 0.310 e. The molecule has 0 spiro atoms. The quantitative estimate of drug-likeness (QED) is 0.0601. The van der Waals surface area contributed by atoms with Gasteiger partial charge >= 0.3 is 5.97 Å². The number of nitrogens with two attached hydrogens (primary N) is 1. The lowest BCUT2D eigenvalue weighted by atomic mass is 10.0. The molecular formula is C35H67NO5SSi2. The zero-order valence-corrected chi connectivity index (χ0v) is 33.2. The van der Waals surface area contributed by atoms with Gasteiger partial charge in [0, 0.05) is 30.1 Å². The van der Waals surface area contributed by atoms with E-state index in [2.05, 4.69) is 86.8 Å². The predicted molar refractivity (Wildman–Crippen MR) is 194 cm³/mol. The molecule has 0 aromatic carbocycles. The van der Waals surface area contributed by atoms with Gasteiger partial charge in [-0.25, -0.2) is 0 Å². The van der Waals surface area contributed by atoms with E-state index in [9.17, 15) is 9.59 Å². The minimum Gasteiger partial charge on any atom is -0.430 e. The van der Waals surface area contributed by atoms with Gasteiger partial charge in [-0.1, -0.05) is 93.2 Å². The van der Waals surface area contributed by atoms with Gasteiger partial charge in [0.2, 0.25) is 5.91 Å². The zero-order chi connectivity index (χ0) is 33.8. The lowest BCUT2D eigenvalue weighted by Gasteiger charge is -2.40. The fourth-order valence-corrected chi connectivity index (χ4v) is 8.58. The summed E-state index contributed by atoms with van der Waals surface area (Å²) in [6.45, 7) is 27.2. The van der Waals surface area contributed by atoms with Crippen LogP contribution in [0.3, 0.4) is 0 Å². The molecular weight excluding hydrogens is 603 g/mol. The molecule has 44 heavy (non-hydrogen) atoms. The zero-order valence-electron chi connectivity index (χ0n) is 30.4. The number of carbonyl (C=O) groups is 2. The van der Waals surface area contributed by atoms with E-state index in [0.717, 1.165) is 54.9 Å². The second-order valence-electron chi connectivity index (χ2n) is 15.6. The fraction of sp³-hybridized carbons (Fsp3) is 0.829. The maximum absolute atomic E-state index is 12.8. The Bertz CT molecular complexity index is 965. The van der Waals surface area contributed by atoms with E-state index in [1.54, 1.807) is 11.8 Å². The molecule has 0 aromatic heterocycles. The van der Waals surface area contributed by atoms with Crippen molar-refractivity contribution in [3.05, 3.63) is 22.8 Å². The maximum atomic E-state index is 12.8. The van der Waals surface area contributed by atoms with E-state index in [0.29, 0.717) is 19.3 Å². The highest BCUT2D eigenvalue weighted by Crippen LogP contribution is 2.47. The van der Waals surface area contributed by atoms with E-state index < -0.39 is 16.6 Å². The van der Waals surface area contributed by atoms with Gasteiger partial charge in [-0.15, -0.1) is 11.8 Å². The molecule has 0 radical (unpaired) electrons. The lowest BCUT2D eigenvalue weighted by molar-refractivity contribution is -0.139. The van der Waals surface area contributed by atoms with Gasteiger partial charge in [-0.3, -0.25) is 9.59 Å². The van der Waals surface area contributed by atoms with Gasteiger partial charge < -0.3 is 19.3 Å². The lowest BCUT2D eigenvalue weighted by Crippen LogP contribution is -2.45. The van der Waals surface area contributed by atoms with Crippen molar-refractivity contribution in [3.63, 3.8) is 0 Å². The number of rotatable bonds is 20. The molecule has 0 aromatic rings. The Labute approximate surface area is 277 Å². The van der Waals surface area contributed by atoms with Crippen LogP contribution in [0, 0.1) is 5.92 Å². The van der Waals surface area contributed by atoms with Crippen molar-refractivity contribution in [3.8, 4) is 0 Å². The van der Waals surface area contributed by atoms with Crippen molar-refractivity contribution < 1.29 is 23.2 Å². The molecule has 1 aliphatic carbocycles. The van der Waals surface area contributed by atoms with Gasteiger partial charge in [0.25, 0.3) is 0 Å². The summed E-state index contributed by atoms with van der Waals surface area (Å²) >= 11 is 1.79. The number of primary amides is 1. The Morgan fingerprint density at radius 3 is 2.09 bits per heavy atom. The first-order valence-corrected chi connectivity index (χ1v) is 23.9. The average Bonchev–Trinajstić information content (AvgIpc) is 3.17. The first-order valence-electron chi connectivity index (χ1n) is 17.1. The summed E-state index contributed by atoms with van der Waals surface area (Å²) in [5.41, 5.74) is 5.34. The Morgan fingerprint density at radius 2 is 1.55 bits per heavy atom. The molecule has 0 aliphatic heterocycles. The summed E-state index contributed by atoms with van der Waals surface area (Å²) < 4.78 is 20.2. The number of thioether (sulfide) groups is 1. The number of hydrogen-bond acceptors (Lipinski definition) is 6. The third-order valence-electron chi connectivity index (χ3n) is 9.51. The number of carbonyl (C=O) groups excluding carboxylic acids is 2. The van der Waals surface area contributed by atoms with Crippen molar-refractivity contribution in [1.29, 1.82) is 0 Å². The van der Waals surface area contributed by atoms with Crippen LogP contribution in [0.4, 0.5) is 0 Å². The Morgan fingerprint density at radius 1 is 0.909 bits per heavy atom. The van der Waals surface area contributed by atoms with Crippen molar-refractivity contribution >= 4 is 40.3 Å². The van der Waals surface area contributed by atoms with Gasteiger partial charge in [-0.2, -0.15) is 0 Å². The van der Waals surface area contributed by atoms with Gasteiger partial charge in [0.1, 0.15) is 5.76 Å². The molecule has 2 N–H and O–H groups in total. The number of esters is 1. The maximum Gasteiger partial charge on any atom is 0.310 e. The summed E-state index contributed by atoms with van der Waals surface area (Å²) in [6.07, 6.45) is 14.0. The normalized spacial score (nSPS) is 19.2. The first-order chi connectivity index (χ1) is 20.3. The summed E-state index contributed by atoms with van der Waals surface area (Å²) in [5, 5.41) is 0.187. The van der Waals surface area contributed by atoms with Crippen LogP contribution in [-0.2, 0) is 23.2 Å². The van der Waals surface area contributed by atoms with Crippen molar-refractivity contribution in [2.45, 2.75) is 174 Å². The molecule has 1 rings (SSSR count). The SMILES string of the molecule is CCCCC[C@@H](/C=C/[C@@H]1C(SCCCCCC(N)=O)=C(OC(=O)CCC)C[C@H]1O[Si](C)(C)C(C)(C)C)O[Si](C)(C)C(C)(C)C. The Hall–Kier alpha value is -0.876. The van der Waals surface area contributed by atoms with E-state index in [-0.39, 0.29) is 40.1 Å². The minimum absolute atomic E-state index is 0.000798. The number of unbranched alkanes of at least 4 members (excludes halogenated alkanes) is 4. The highest BCUT2D eigenvalue weighted by atomic mass is 32.2. The third kappa shape index (κ3) is 13.9. The van der Waals surface area contributed by atoms with Crippen LogP contribution in [0.1, 0.15) is 126 Å². The fourth-order valence-electron chi connectivity index (χ4n) is 4.66. The molecule has 0 saturated carbocycles. The number of amides is 1. The molecule has 0 heterocycles. The molecule has 3 atom stereocenters. The van der Waals surface area contributed by atoms with Crippen LogP contribution in [-0.4, -0.2) is 46.5 Å². The van der Waals surface area contributed by atoms with Gasteiger partial charge in [-0.05, 0) is 67.7 Å². The van der Waals surface area contributed by atoms with E-state index in [4.69, 9.17) is 19.3 Å². The van der Waals surface area contributed by atoms with Crippen molar-refractivity contribution in [2.75, 3.05) is 5.75 Å². The van der Waals surface area contributed by atoms with E-state index >= 15 is 0 Å². The van der Waals surface area contributed by atoms with Crippen LogP contribution in [0.5, 0.6) is 0 Å². The van der Waals surface area contributed by atoms with E-state index in [1.165, 1.54) is 12.8 Å². The molecule has 1 amide bonds. The van der Waals surface area contributed by atoms with Crippen molar-refractivity contribution in [1.82, 2.24) is 0 Å². The van der Waals surface area contributed by atoms with Gasteiger partial charge in [0.15, 0.2) is 16.6 Å². The molecule has 6 nitrogen and oxygen atoms in total. The average molecular weight is 670 g/mol. The number of ether oxygens (including phenoxy) is 1. The van der Waals surface area contributed by atoms with E-state index in [1.807, 2.05) is 6.92 Å². The molecule has 1 aliphatic rings. The largest absolute Gasteiger partial charge is 0.430 e.